The van der Waals surface area contributed by atoms with Crippen molar-refractivity contribution in [1.29, 1.82) is 0 Å². The largest absolute Gasteiger partial charge is 0.329 e. The van der Waals surface area contributed by atoms with E-state index >= 15 is 0 Å². The summed E-state index contributed by atoms with van der Waals surface area (Å²) in [6, 6.07) is 0. The lowest BCUT2D eigenvalue weighted by Crippen LogP contribution is -2.51. The first-order valence-electron chi connectivity index (χ1n) is 5.58. The number of likely N-dealkylation sites (N-methyl/N-ethyl adjacent to an activating group) is 1. The van der Waals surface area contributed by atoms with Crippen molar-refractivity contribution in [2.75, 3.05) is 20.1 Å². The molecule has 2 heteroatoms. The molecule has 0 bridgehead atoms. The molecule has 13 heavy (non-hydrogen) atoms. The van der Waals surface area contributed by atoms with Crippen molar-refractivity contribution in [3.05, 3.63) is 0 Å². The maximum Gasteiger partial charge on any atom is 0.0325 e. The third-order valence-corrected chi connectivity index (χ3v) is 3.32. The van der Waals surface area contributed by atoms with Crippen molar-refractivity contribution in [3.63, 3.8) is 0 Å². The van der Waals surface area contributed by atoms with E-state index in [-0.39, 0.29) is 5.54 Å². The highest BCUT2D eigenvalue weighted by Crippen LogP contribution is 2.23. The van der Waals surface area contributed by atoms with Crippen LogP contribution >= 0.6 is 0 Å². The highest BCUT2D eigenvalue weighted by molar-refractivity contribution is 4.88. The summed E-state index contributed by atoms with van der Waals surface area (Å²) in [6.45, 7) is 8.56. The normalized spacial score (nSPS) is 16.2. The zero-order valence-electron chi connectivity index (χ0n) is 9.77. The van der Waals surface area contributed by atoms with Gasteiger partial charge in [0, 0.05) is 12.1 Å². The van der Waals surface area contributed by atoms with Crippen LogP contribution in [-0.4, -0.2) is 30.6 Å². The third kappa shape index (κ3) is 3.28. The Hall–Kier alpha value is -0.0800. The Bertz CT molecular complexity index is 119. The van der Waals surface area contributed by atoms with Crippen molar-refractivity contribution in [2.45, 2.75) is 52.0 Å². The molecule has 0 rings (SSSR count). The molecule has 1 atom stereocenters. The summed E-state index contributed by atoms with van der Waals surface area (Å²) in [4.78, 5) is 2.41. The Balaban J connectivity index is 4.29. The lowest BCUT2D eigenvalue weighted by Gasteiger charge is -2.40. The predicted molar refractivity (Wildman–Crippen MR) is 59.9 cm³/mol. The molecular formula is C11H26N2. The van der Waals surface area contributed by atoms with Gasteiger partial charge in [0.25, 0.3) is 0 Å². The number of nitrogens with two attached hydrogens (primary N) is 1. The fourth-order valence-corrected chi connectivity index (χ4v) is 1.88. The minimum atomic E-state index is 0.255. The highest BCUT2D eigenvalue weighted by atomic mass is 15.2. The molecule has 0 aliphatic rings. The van der Waals surface area contributed by atoms with Crippen molar-refractivity contribution >= 4 is 0 Å². The molecule has 0 amide bonds. The van der Waals surface area contributed by atoms with Crippen LogP contribution in [-0.2, 0) is 0 Å². The number of hydrogen-bond acceptors (Lipinski definition) is 2. The van der Waals surface area contributed by atoms with Gasteiger partial charge in [-0.2, -0.15) is 0 Å². The second-order valence-electron chi connectivity index (χ2n) is 3.90. The Morgan fingerprint density at radius 3 is 2.15 bits per heavy atom. The summed E-state index contributed by atoms with van der Waals surface area (Å²) in [7, 11) is 2.19. The van der Waals surface area contributed by atoms with E-state index in [9.17, 15) is 0 Å². The van der Waals surface area contributed by atoms with Gasteiger partial charge >= 0.3 is 0 Å². The molecule has 0 aromatic heterocycles. The molecule has 0 aromatic carbocycles. The lowest BCUT2D eigenvalue weighted by molar-refractivity contribution is 0.114. The first kappa shape index (κ1) is 12.9. The molecule has 0 fully saturated rings. The van der Waals surface area contributed by atoms with Crippen LogP contribution in [0.25, 0.3) is 0 Å². The van der Waals surface area contributed by atoms with Crippen molar-refractivity contribution in [1.82, 2.24) is 4.90 Å². The van der Waals surface area contributed by atoms with E-state index in [4.69, 9.17) is 5.73 Å². The van der Waals surface area contributed by atoms with Gasteiger partial charge in [-0.25, -0.2) is 0 Å². The number of rotatable bonds is 7. The molecule has 1 unspecified atom stereocenters. The molecule has 0 spiro atoms. The minimum absolute atomic E-state index is 0.255. The molecule has 80 valence electrons. The molecule has 0 saturated heterocycles. The molecule has 0 aromatic rings. The third-order valence-electron chi connectivity index (χ3n) is 3.32. The van der Waals surface area contributed by atoms with Crippen LogP contribution in [0.3, 0.4) is 0 Å². The van der Waals surface area contributed by atoms with Crippen molar-refractivity contribution < 1.29 is 0 Å². The van der Waals surface area contributed by atoms with Crippen LogP contribution in [0, 0.1) is 0 Å². The van der Waals surface area contributed by atoms with Gasteiger partial charge in [0.1, 0.15) is 0 Å². The fourth-order valence-electron chi connectivity index (χ4n) is 1.88. The second kappa shape index (κ2) is 6.39. The van der Waals surface area contributed by atoms with E-state index in [0.29, 0.717) is 0 Å². The maximum absolute atomic E-state index is 5.89. The van der Waals surface area contributed by atoms with Gasteiger partial charge in [0.05, 0.1) is 0 Å². The van der Waals surface area contributed by atoms with Crippen molar-refractivity contribution in [2.24, 2.45) is 5.73 Å². The molecule has 0 heterocycles. The topological polar surface area (TPSA) is 29.3 Å². The van der Waals surface area contributed by atoms with Gasteiger partial charge in [-0.1, -0.05) is 33.6 Å². The van der Waals surface area contributed by atoms with Gasteiger partial charge in [-0.3, -0.25) is 4.90 Å². The summed E-state index contributed by atoms with van der Waals surface area (Å²) in [5.74, 6) is 0. The van der Waals surface area contributed by atoms with Crippen LogP contribution in [0.5, 0.6) is 0 Å². The van der Waals surface area contributed by atoms with Crippen molar-refractivity contribution in [3.8, 4) is 0 Å². The van der Waals surface area contributed by atoms with E-state index in [1.807, 2.05) is 0 Å². The molecule has 2 nitrogen and oxygen atoms in total. The average molecular weight is 186 g/mol. The summed E-state index contributed by atoms with van der Waals surface area (Å²) in [6.07, 6.45) is 4.95. The summed E-state index contributed by atoms with van der Waals surface area (Å²) >= 11 is 0. The van der Waals surface area contributed by atoms with Crippen LogP contribution in [0.15, 0.2) is 0 Å². The van der Waals surface area contributed by atoms with Crippen LogP contribution in [0.4, 0.5) is 0 Å². The van der Waals surface area contributed by atoms with Gasteiger partial charge in [-0.15, -0.1) is 0 Å². The Kier molecular flexibility index (Phi) is 6.35. The van der Waals surface area contributed by atoms with Gasteiger partial charge in [0.2, 0.25) is 0 Å². The van der Waals surface area contributed by atoms with Gasteiger partial charge < -0.3 is 5.73 Å². The quantitative estimate of drug-likeness (QED) is 0.660. The smallest absolute Gasteiger partial charge is 0.0325 e. The maximum atomic E-state index is 5.89. The first-order valence-corrected chi connectivity index (χ1v) is 5.58. The molecule has 0 aliphatic carbocycles. The number of unbranched alkanes of at least 4 members (excludes halogenated alkanes) is 1. The summed E-state index contributed by atoms with van der Waals surface area (Å²) in [5, 5.41) is 0. The second-order valence-corrected chi connectivity index (χ2v) is 3.90. The zero-order valence-corrected chi connectivity index (χ0v) is 9.77. The zero-order chi connectivity index (χ0) is 10.3. The average Bonchev–Trinajstić information content (AvgIpc) is 2.19. The lowest BCUT2D eigenvalue weighted by atomic mass is 9.88. The molecule has 2 N–H and O–H groups in total. The van der Waals surface area contributed by atoms with E-state index in [2.05, 4.69) is 32.7 Å². The molecule has 0 saturated carbocycles. The van der Waals surface area contributed by atoms with Crippen LogP contribution in [0.1, 0.15) is 46.5 Å². The van der Waals surface area contributed by atoms with Crippen LogP contribution in [0.2, 0.25) is 0 Å². The first-order chi connectivity index (χ1) is 6.16. The van der Waals surface area contributed by atoms with E-state index in [1.54, 1.807) is 0 Å². The Morgan fingerprint density at radius 2 is 1.85 bits per heavy atom. The molecule has 0 aliphatic heterocycles. The number of hydrogen-bond donors (Lipinski definition) is 1. The summed E-state index contributed by atoms with van der Waals surface area (Å²) < 4.78 is 0. The highest BCUT2D eigenvalue weighted by Gasteiger charge is 2.29. The van der Waals surface area contributed by atoms with E-state index in [0.717, 1.165) is 19.5 Å². The monoisotopic (exact) mass is 186 g/mol. The number of nitrogens with zero attached hydrogens (tertiary/aromatic N) is 1. The molecule has 0 radical (unpaired) electrons. The standard InChI is InChI=1S/C11H26N2/c1-5-8-9-11(6-2,10-12)13(4)7-3/h5-10,12H2,1-4H3. The van der Waals surface area contributed by atoms with E-state index < -0.39 is 0 Å². The van der Waals surface area contributed by atoms with Gasteiger partial charge in [0.15, 0.2) is 0 Å². The van der Waals surface area contributed by atoms with Gasteiger partial charge in [-0.05, 0) is 26.4 Å². The Morgan fingerprint density at radius 1 is 1.23 bits per heavy atom. The Labute approximate surface area is 83.5 Å². The van der Waals surface area contributed by atoms with Crippen LogP contribution < -0.4 is 5.73 Å². The SMILES string of the molecule is CCCCC(CC)(CN)N(C)CC. The summed E-state index contributed by atoms with van der Waals surface area (Å²) in [5.41, 5.74) is 6.15. The van der Waals surface area contributed by atoms with E-state index in [1.165, 1.54) is 19.3 Å². The molecular weight excluding hydrogens is 160 g/mol. The predicted octanol–water partition coefficient (Wildman–Crippen LogP) is 2.24. The fraction of sp³-hybridized carbons (Fsp3) is 1.00. The minimum Gasteiger partial charge on any atom is -0.329 e.